The molecule has 0 aromatic rings. The lowest BCUT2D eigenvalue weighted by atomic mass is 9.97. The van der Waals surface area contributed by atoms with Gasteiger partial charge in [-0.1, -0.05) is 61.8 Å². The Morgan fingerprint density at radius 1 is 0.833 bits per heavy atom. The summed E-state index contributed by atoms with van der Waals surface area (Å²) in [5.74, 6) is 1.81. The van der Waals surface area contributed by atoms with Crippen molar-refractivity contribution < 1.29 is 0 Å². The molecule has 0 amide bonds. The molecule has 0 spiro atoms. The van der Waals surface area contributed by atoms with Gasteiger partial charge in [-0.3, -0.25) is 0 Å². The minimum atomic E-state index is 0.880. The zero-order valence-corrected chi connectivity index (χ0v) is 10.6. The van der Waals surface area contributed by atoms with Crippen LogP contribution in [0.2, 0.25) is 0 Å². The molecule has 0 bridgehead atoms. The molecule has 0 radical (unpaired) electrons. The SMILES string of the molecule is CC.CC.CCC(C)CC(C)C. The maximum absolute atomic E-state index is 2.32. The van der Waals surface area contributed by atoms with Gasteiger partial charge in [-0.15, -0.1) is 0 Å². The molecule has 0 saturated heterocycles. The molecule has 0 N–H and O–H groups in total. The van der Waals surface area contributed by atoms with Gasteiger partial charge in [0.25, 0.3) is 0 Å². The van der Waals surface area contributed by atoms with Crippen LogP contribution in [-0.2, 0) is 0 Å². The highest BCUT2D eigenvalue weighted by molar-refractivity contribution is 4.52. The van der Waals surface area contributed by atoms with E-state index in [1.165, 1.54) is 12.8 Å². The summed E-state index contributed by atoms with van der Waals surface area (Å²) < 4.78 is 0. The summed E-state index contributed by atoms with van der Waals surface area (Å²) in [5.41, 5.74) is 0. The summed E-state index contributed by atoms with van der Waals surface area (Å²) >= 11 is 0. The lowest BCUT2D eigenvalue weighted by molar-refractivity contribution is 0.429. The van der Waals surface area contributed by atoms with Crippen LogP contribution >= 0.6 is 0 Å². The molecule has 0 aromatic heterocycles. The highest BCUT2D eigenvalue weighted by atomic mass is 14.1. The molecular formula is C12H30. The zero-order valence-electron chi connectivity index (χ0n) is 10.6. The van der Waals surface area contributed by atoms with E-state index in [1.807, 2.05) is 27.7 Å². The van der Waals surface area contributed by atoms with E-state index in [0.717, 1.165) is 11.8 Å². The van der Waals surface area contributed by atoms with Crippen molar-refractivity contribution in [2.45, 2.75) is 68.2 Å². The van der Waals surface area contributed by atoms with Crippen molar-refractivity contribution in [1.29, 1.82) is 0 Å². The summed E-state index contributed by atoms with van der Waals surface area (Å²) in [6.45, 7) is 17.1. The Morgan fingerprint density at radius 2 is 1.17 bits per heavy atom. The molecule has 0 heteroatoms. The largest absolute Gasteiger partial charge is 0.0683 e. The highest BCUT2D eigenvalue weighted by Crippen LogP contribution is 2.12. The van der Waals surface area contributed by atoms with Crippen LogP contribution in [0, 0.1) is 11.8 Å². The van der Waals surface area contributed by atoms with Crippen LogP contribution in [0.1, 0.15) is 68.2 Å². The predicted molar refractivity (Wildman–Crippen MR) is 61.6 cm³/mol. The van der Waals surface area contributed by atoms with Crippen molar-refractivity contribution in [2.24, 2.45) is 11.8 Å². The molecule has 0 nitrogen and oxygen atoms in total. The Hall–Kier alpha value is 0. The molecule has 1 unspecified atom stereocenters. The lowest BCUT2D eigenvalue weighted by Gasteiger charge is -2.09. The smallest absolute Gasteiger partial charge is 0.0443 e. The van der Waals surface area contributed by atoms with Crippen molar-refractivity contribution in [1.82, 2.24) is 0 Å². The van der Waals surface area contributed by atoms with E-state index in [4.69, 9.17) is 0 Å². The minimum Gasteiger partial charge on any atom is -0.0683 e. The monoisotopic (exact) mass is 174 g/mol. The molecule has 0 heterocycles. The lowest BCUT2D eigenvalue weighted by Crippen LogP contribution is -1.97. The van der Waals surface area contributed by atoms with Gasteiger partial charge in [0.15, 0.2) is 0 Å². The first-order valence-corrected chi connectivity index (χ1v) is 5.66. The summed E-state index contributed by atoms with van der Waals surface area (Å²) in [4.78, 5) is 0. The maximum Gasteiger partial charge on any atom is -0.0443 e. The summed E-state index contributed by atoms with van der Waals surface area (Å²) in [6, 6.07) is 0. The third-order valence-corrected chi connectivity index (χ3v) is 1.57. The van der Waals surface area contributed by atoms with E-state index in [-0.39, 0.29) is 0 Å². The molecule has 12 heavy (non-hydrogen) atoms. The molecule has 78 valence electrons. The Bertz CT molecular complexity index is 46.0. The molecular weight excluding hydrogens is 144 g/mol. The van der Waals surface area contributed by atoms with Gasteiger partial charge in [-0.2, -0.15) is 0 Å². The summed E-state index contributed by atoms with van der Waals surface area (Å²) in [5, 5.41) is 0. The summed E-state index contributed by atoms with van der Waals surface area (Å²) in [7, 11) is 0. The molecule has 0 aliphatic carbocycles. The van der Waals surface area contributed by atoms with Gasteiger partial charge in [0.2, 0.25) is 0 Å². The molecule has 0 saturated carbocycles. The maximum atomic E-state index is 2.32. The first-order chi connectivity index (χ1) is 5.66. The quantitative estimate of drug-likeness (QED) is 0.556. The molecule has 0 aromatic carbocycles. The van der Waals surface area contributed by atoms with E-state index >= 15 is 0 Å². The fraction of sp³-hybridized carbons (Fsp3) is 1.00. The second-order valence-electron chi connectivity index (χ2n) is 3.14. The Labute approximate surface area is 80.8 Å². The topological polar surface area (TPSA) is 0 Å². The Kier molecular flexibility index (Phi) is 25.7. The molecule has 0 aliphatic rings. The average Bonchev–Trinajstić information content (AvgIpc) is 2.10. The van der Waals surface area contributed by atoms with Gasteiger partial charge in [-0.05, 0) is 18.3 Å². The van der Waals surface area contributed by atoms with Crippen molar-refractivity contribution in [3.8, 4) is 0 Å². The van der Waals surface area contributed by atoms with Crippen molar-refractivity contribution >= 4 is 0 Å². The van der Waals surface area contributed by atoms with Gasteiger partial charge in [0.1, 0.15) is 0 Å². The van der Waals surface area contributed by atoms with E-state index in [2.05, 4.69) is 27.7 Å². The van der Waals surface area contributed by atoms with E-state index in [1.54, 1.807) is 0 Å². The fourth-order valence-electron chi connectivity index (χ4n) is 0.971. The number of rotatable bonds is 3. The van der Waals surface area contributed by atoms with Gasteiger partial charge >= 0.3 is 0 Å². The molecule has 0 rings (SSSR count). The number of hydrogen-bond acceptors (Lipinski definition) is 0. The van der Waals surface area contributed by atoms with E-state index in [0.29, 0.717) is 0 Å². The van der Waals surface area contributed by atoms with E-state index in [9.17, 15) is 0 Å². The average molecular weight is 174 g/mol. The van der Waals surface area contributed by atoms with Crippen molar-refractivity contribution in [2.75, 3.05) is 0 Å². The minimum absolute atomic E-state index is 0.880. The third kappa shape index (κ3) is 22.5. The third-order valence-electron chi connectivity index (χ3n) is 1.57. The van der Waals surface area contributed by atoms with Crippen LogP contribution in [0.3, 0.4) is 0 Å². The zero-order chi connectivity index (χ0) is 10.6. The van der Waals surface area contributed by atoms with Crippen molar-refractivity contribution in [3.05, 3.63) is 0 Å². The van der Waals surface area contributed by atoms with Crippen LogP contribution in [0.15, 0.2) is 0 Å². The normalized spacial score (nSPS) is 10.8. The molecule has 0 fully saturated rings. The Morgan fingerprint density at radius 3 is 1.25 bits per heavy atom. The van der Waals surface area contributed by atoms with Crippen LogP contribution in [0.4, 0.5) is 0 Å². The molecule has 0 aliphatic heterocycles. The van der Waals surface area contributed by atoms with Crippen LogP contribution in [0.5, 0.6) is 0 Å². The Balaban J connectivity index is -0.000000175. The van der Waals surface area contributed by atoms with Crippen LogP contribution in [0.25, 0.3) is 0 Å². The predicted octanol–water partition coefficient (Wildman–Crippen LogP) is 5.13. The van der Waals surface area contributed by atoms with Gasteiger partial charge in [0, 0.05) is 0 Å². The van der Waals surface area contributed by atoms with E-state index < -0.39 is 0 Å². The first kappa shape index (κ1) is 17.9. The standard InChI is InChI=1S/C8H18.2C2H6/c1-5-8(4)6-7(2)3;2*1-2/h7-8H,5-6H2,1-4H3;2*1-2H3. The van der Waals surface area contributed by atoms with Crippen LogP contribution < -0.4 is 0 Å². The first-order valence-electron chi connectivity index (χ1n) is 5.66. The number of hydrogen-bond donors (Lipinski definition) is 0. The van der Waals surface area contributed by atoms with Crippen LogP contribution in [-0.4, -0.2) is 0 Å². The van der Waals surface area contributed by atoms with Gasteiger partial charge in [-0.25, -0.2) is 0 Å². The second-order valence-corrected chi connectivity index (χ2v) is 3.14. The fourth-order valence-corrected chi connectivity index (χ4v) is 0.971. The highest BCUT2D eigenvalue weighted by Gasteiger charge is 2.00. The summed E-state index contributed by atoms with van der Waals surface area (Å²) in [6.07, 6.45) is 2.72. The second kappa shape index (κ2) is 17.2. The van der Waals surface area contributed by atoms with Gasteiger partial charge < -0.3 is 0 Å². The van der Waals surface area contributed by atoms with Crippen molar-refractivity contribution in [3.63, 3.8) is 0 Å². The molecule has 1 atom stereocenters. The van der Waals surface area contributed by atoms with Gasteiger partial charge in [0.05, 0.1) is 0 Å².